The van der Waals surface area contributed by atoms with Crippen molar-refractivity contribution in [1.29, 1.82) is 0 Å². The number of nitrogens with one attached hydrogen (secondary N) is 1. The van der Waals surface area contributed by atoms with Crippen molar-refractivity contribution in [3.05, 3.63) is 0 Å². The number of ether oxygens (including phenoxy) is 1. The first-order valence-electron chi connectivity index (χ1n) is 8.66. The van der Waals surface area contributed by atoms with Gasteiger partial charge in [0.05, 0.1) is 5.75 Å². The lowest BCUT2D eigenvalue weighted by atomic mass is 10.1. The van der Waals surface area contributed by atoms with Gasteiger partial charge in [0, 0.05) is 38.3 Å². The molecule has 1 amide bonds. The molecule has 1 saturated heterocycles. The number of hydrogen-bond acceptors (Lipinski definition) is 5. The van der Waals surface area contributed by atoms with Crippen molar-refractivity contribution in [3.8, 4) is 0 Å². The average Bonchev–Trinajstić information content (AvgIpc) is 2.45. The van der Waals surface area contributed by atoms with Gasteiger partial charge in [0.1, 0.15) is 5.60 Å². The Kier molecular flexibility index (Phi) is 7.49. The van der Waals surface area contributed by atoms with Gasteiger partial charge in [-0.05, 0) is 48.0 Å². The summed E-state index contributed by atoms with van der Waals surface area (Å²) in [5, 5.41) is 2.85. The average molecular weight is 364 g/mol. The molecule has 7 nitrogen and oxygen atoms in total. The van der Waals surface area contributed by atoms with Crippen LogP contribution in [0.4, 0.5) is 4.79 Å². The molecule has 0 unspecified atom stereocenters. The summed E-state index contributed by atoms with van der Waals surface area (Å²) in [5.41, 5.74) is -0.503. The molecule has 1 aliphatic heterocycles. The summed E-state index contributed by atoms with van der Waals surface area (Å²) in [6.45, 7) is 13.8. The molecule has 2 atom stereocenters. The highest BCUT2D eigenvalue weighted by atomic mass is 32.2. The van der Waals surface area contributed by atoms with E-state index in [0.717, 1.165) is 19.5 Å². The van der Waals surface area contributed by atoms with Gasteiger partial charge < -0.3 is 10.1 Å². The van der Waals surface area contributed by atoms with E-state index in [1.54, 1.807) is 11.2 Å². The van der Waals surface area contributed by atoms with E-state index in [0.29, 0.717) is 13.1 Å². The van der Waals surface area contributed by atoms with Crippen molar-refractivity contribution in [2.24, 2.45) is 0 Å². The topological polar surface area (TPSA) is 79.0 Å². The van der Waals surface area contributed by atoms with Crippen molar-refractivity contribution >= 4 is 16.1 Å². The minimum absolute atomic E-state index is 0.00717. The Morgan fingerprint density at radius 3 is 2.17 bits per heavy atom. The van der Waals surface area contributed by atoms with Crippen LogP contribution in [0.5, 0.6) is 0 Å². The molecule has 0 spiro atoms. The Bertz CT molecular complexity index is 508. The number of hydrogen-bond donors (Lipinski definition) is 1. The molecule has 0 aromatic heterocycles. The number of nitrogens with zero attached hydrogens (tertiary/aromatic N) is 2. The van der Waals surface area contributed by atoms with Crippen LogP contribution in [0.2, 0.25) is 0 Å². The highest BCUT2D eigenvalue weighted by Crippen LogP contribution is 2.14. The summed E-state index contributed by atoms with van der Waals surface area (Å²) in [5.74, 6) is 0.152. The van der Waals surface area contributed by atoms with Crippen molar-refractivity contribution in [2.75, 3.05) is 31.9 Å². The molecule has 1 fully saturated rings. The zero-order valence-corrected chi connectivity index (χ0v) is 16.6. The zero-order valence-electron chi connectivity index (χ0n) is 15.8. The molecular formula is C16H33N3O4S. The van der Waals surface area contributed by atoms with E-state index < -0.39 is 21.7 Å². The Morgan fingerprint density at radius 2 is 1.71 bits per heavy atom. The summed E-state index contributed by atoms with van der Waals surface area (Å²) in [6, 6.07) is 0.258. The molecule has 24 heavy (non-hydrogen) atoms. The third kappa shape index (κ3) is 6.94. The molecule has 1 aliphatic rings. The van der Waals surface area contributed by atoms with Gasteiger partial charge in [-0.3, -0.25) is 4.90 Å². The Morgan fingerprint density at radius 1 is 1.17 bits per heavy atom. The fourth-order valence-electron chi connectivity index (χ4n) is 2.83. The maximum atomic E-state index is 11.9. The fourth-order valence-corrected chi connectivity index (χ4v) is 3.92. The van der Waals surface area contributed by atoms with Gasteiger partial charge in [-0.15, -0.1) is 0 Å². The summed E-state index contributed by atoms with van der Waals surface area (Å²) in [6.07, 6.45) is 0.390. The van der Waals surface area contributed by atoms with Gasteiger partial charge in [0.15, 0.2) is 0 Å². The Balaban J connectivity index is 2.41. The number of carbonyl (C=O) groups excluding carboxylic acids is 1. The van der Waals surface area contributed by atoms with Crippen LogP contribution in [0.3, 0.4) is 0 Å². The maximum absolute atomic E-state index is 11.9. The molecule has 1 heterocycles. The van der Waals surface area contributed by atoms with Crippen molar-refractivity contribution in [1.82, 2.24) is 14.5 Å². The molecule has 0 saturated carbocycles. The van der Waals surface area contributed by atoms with Crippen LogP contribution in [0.25, 0.3) is 0 Å². The lowest BCUT2D eigenvalue weighted by molar-refractivity contribution is 0.0493. The molecule has 1 N–H and O–H groups in total. The van der Waals surface area contributed by atoms with Gasteiger partial charge >= 0.3 is 6.09 Å². The van der Waals surface area contributed by atoms with Gasteiger partial charge in [-0.1, -0.05) is 0 Å². The van der Waals surface area contributed by atoms with Crippen LogP contribution < -0.4 is 5.32 Å². The number of amides is 1. The standard InChI is InChI=1S/C16H33N3O4S/c1-7-24(21,22)19-10-8-18(9-11-19)14(3)12-13(2)17-15(20)23-16(4,5)6/h13-14H,7-12H2,1-6H3,(H,17,20)/t13-,14+/m1/s1. The van der Waals surface area contributed by atoms with Gasteiger partial charge in [0.2, 0.25) is 10.0 Å². The van der Waals surface area contributed by atoms with Crippen molar-refractivity contribution < 1.29 is 17.9 Å². The Hall–Kier alpha value is -0.860. The number of sulfonamides is 1. The summed E-state index contributed by atoms with van der Waals surface area (Å²) in [7, 11) is -3.09. The monoisotopic (exact) mass is 363 g/mol. The van der Waals surface area contributed by atoms with E-state index in [9.17, 15) is 13.2 Å². The molecule has 0 aliphatic carbocycles. The number of carbonyl (C=O) groups is 1. The normalized spacial score (nSPS) is 20.4. The second-order valence-electron chi connectivity index (χ2n) is 7.47. The second kappa shape index (κ2) is 8.49. The van der Waals surface area contributed by atoms with Crippen LogP contribution in [0.1, 0.15) is 48.0 Å². The zero-order chi connectivity index (χ0) is 18.5. The highest BCUT2D eigenvalue weighted by Gasteiger charge is 2.28. The first-order chi connectivity index (χ1) is 10.9. The molecule has 1 rings (SSSR count). The highest BCUT2D eigenvalue weighted by molar-refractivity contribution is 7.89. The number of piperazine rings is 1. The fraction of sp³-hybridized carbons (Fsp3) is 0.938. The van der Waals surface area contributed by atoms with Crippen LogP contribution in [0, 0.1) is 0 Å². The first-order valence-corrected chi connectivity index (χ1v) is 10.3. The van der Waals surface area contributed by atoms with Crippen LogP contribution in [-0.4, -0.2) is 73.3 Å². The molecule has 0 bridgehead atoms. The van der Waals surface area contributed by atoms with E-state index in [2.05, 4.69) is 17.1 Å². The third-order valence-electron chi connectivity index (χ3n) is 4.11. The Labute approximate surface area is 146 Å². The van der Waals surface area contributed by atoms with Crippen molar-refractivity contribution in [3.63, 3.8) is 0 Å². The summed E-state index contributed by atoms with van der Waals surface area (Å²) < 4.78 is 30.6. The molecular weight excluding hydrogens is 330 g/mol. The van der Waals surface area contributed by atoms with Gasteiger partial charge in [-0.25, -0.2) is 13.2 Å². The van der Waals surface area contributed by atoms with E-state index in [1.165, 1.54) is 0 Å². The van der Waals surface area contributed by atoms with Crippen LogP contribution in [0.15, 0.2) is 0 Å². The lowest BCUT2D eigenvalue weighted by Crippen LogP contribution is -2.52. The number of alkyl carbamates (subject to hydrolysis) is 1. The smallest absolute Gasteiger partial charge is 0.407 e. The van der Waals surface area contributed by atoms with Gasteiger partial charge in [-0.2, -0.15) is 4.31 Å². The van der Waals surface area contributed by atoms with E-state index in [4.69, 9.17) is 4.74 Å². The van der Waals surface area contributed by atoms with E-state index >= 15 is 0 Å². The molecule has 0 radical (unpaired) electrons. The second-order valence-corrected chi connectivity index (χ2v) is 9.73. The first kappa shape index (κ1) is 21.2. The molecule has 142 valence electrons. The lowest BCUT2D eigenvalue weighted by Gasteiger charge is -2.38. The predicted molar refractivity (Wildman–Crippen MR) is 95.5 cm³/mol. The van der Waals surface area contributed by atoms with E-state index in [-0.39, 0.29) is 17.8 Å². The van der Waals surface area contributed by atoms with Crippen molar-refractivity contribution in [2.45, 2.75) is 65.6 Å². The van der Waals surface area contributed by atoms with E-state index in [1.807, 2.05) is 27.7 Å². The summed E-state index contributed by atoms with van der Waals surface area (Å²) in [4.78, 5) is 14.1. The molecule has 0 aromatic carbocycles. The third-order valence-corrected chi connectivity index (χ3v) is 5.99. The molecule has 8 heteroatoms. The summed E-state index contributed by atoms with van der Waals surface area (Å²) >= 11 is 0. The van der Waals surface area contributed by atoms with Crippen LogP contribution >= 0.6 is 0 Å². The predicted octanol–water partition coefficient (Wildman–Crippen LogP) is 1.65. The maximum Gasteiger partial charge on any atom is 0.407 e. The SMILES string of the molecule is CCS(=O)(=O)N1CCN([C@@H](C)C[C@@H](C)NC(=O)OC(C)(C)C)CC1. The minimum Gasteiger partial charge on any atom is -0.444 e. The largest absolute Gasteiger partial charge is 0.444 e. The van der Waals surface area contributed by atoms with Crippen LogP contribution in [-0.2, 0) is 14.8 Å². The quantitative estimate of drug-likeness (QED) is 0.776. The molecule has 0 aromatic rings. The minimum atomic E-state index is -3.09. The number of rotatable bonds is 6. The van der Waals surface area contributed by atoms with Gasteiger partial charge in [0.25, 0.3) is 0 Å².